The molecule has 7 heteroatoms. The number of hydrogen-bond acceptors (Lipinski definition) is 3. The van der Waals surface area contributed by atoms with E-state index in [1.807, 2.05) is 20.8 Å². The number of urea groups is 1. The summed E-state index contributed by atoms with van der Waals surface area (Å²) in [7, 11) is 1.61. The molecule has 1 fully saturated rings. The molecule has 108 valence electrons. The summed E-state index contributed by atoms with van der Waals surface area (Å²) in [5.74, 6) is -1.45. The van der Waals surface area contributed by atoms with Gasteiger partial charge >= 0.3 is 12.0 Å². The van der Waals surface area contributed by atoms with Crippen molar-refractivity contribution in [2.75, 3.05) is 26.7 Å². The van der Waals surface area contributed by atoms with Crippen LogP contribution in [0.5, 0.6) is 0 Å². The molecule has 7 nitrogen and oxygen atoms in total. The molecule has 1 atom stereocenters. The fraction of sp³-hybridized carbons (Fsp3) is 0.750. The van der Waals surface area contributed by atoms with Crippen molar-refractivity contribution in [1.82, 2.24) is 15.1 Å². The number of nitrogens with zero attached hydrogens (tertiary/aromatic N) is 2. The maximum atomic E-state index is 12.2. The number of piperazine rings is 1. The molecule has 0 aromatic carbocycles. The largest absolute Gasteiger partial charge is 0.480 e. The van der Waals surface area contributed by atoms with Gasteiger partial charge in [-0.1, -0.05) is 20.8 Å². The van der Waals surface area contributed by atoms with Crippen LogP contribution in [-0.4, -0.2) is 65.5 Å². The van der Waals surface area contributed by atoms with E-state index in [0.29, 0.717) is 6.54 Å². The van der Waals surface area contributed by atoms with Crippen LogP contribution in [0, 0.1) is 5.41 Å². The van der Waals surface area contributed by atoms with Crippen LogP contribution in [0.1, 0.15) is 20.8 Å². The van der Waals surface area contributed by atoms with E-state index in [9.17, 15) is 14.4 Å². The van der Waals surface area contributed by atoms with Gasteiger partial charge in [-0.25, -0.2) is 9.59 Å². The molecule has 0 aliphatic carbocycles. The molecule has 1 aliphatic rings. The summed E-state index contributed by atoms with van der Waals surface area (Å²) in [6.45, 7) is 6.15. The molecule has 0 bridgehead atoms. The zero-order valence-corrected chi connectivity index (χ0v) is 11.8. The van der Waals surface area contributed by atoms with Crippen LogP contribution in [0.2, 0.25) is 0 Å². The number of carbonyl (C=O) groups excluding carboxylic acids is 2. The number of carboxylic acid groups (broad SMARTS) is 1. The van der Waals surface area contributed by atoms with Gasteiger partial charge in [0, 0.05) is 20.1 Å². The molecule has 1 saturated heterocycles. The summed E-state index contributed by atoms with van der Waals surface area (Å²) in [5.41, 5.74) is -0.0961. The second-order valence-electron chi connectivity index (χ2n) is 5.99. The lowest BCUT2D eigenvalue weighted by atomic mass is 9.96. The molecule has 0 spiro atoms. The first-order chi connectivity index (χ1) is 8.61. The third-order valence-corrected chi connectivity index (χ3v) is 2.75. The number of nitrogens with one attached hydrogen (secondary N) is 1. The van der Waals surface area contributed by atoms with Gasteiger partial charge in [0.05, 0.1) is 0 Å². The van der Waals surface area contributed by atoms with E-state index in [-0.39, 0.29) is 24.4 Å². The van der Waals surface area contributed by atoms with Crippen molar-refractivity contribution in [3.63, 3.8) is 0 Å². The third kappa shape index (κ3) is 4.11. The number of rotatable bonds is 2. The van der Waals surface area contributed by atoms with Crippen LogP contribution in [0.15, 0.2) is 0 Å². The highest BCUT2D eigenvalue weighted by Gasteiger charge is 2.37. The van der Waals surface area contributed by atoms with Gasteiger partial charge in [-0.05, 0) is 5.41 Å². The van der Waals surface area contributed by atoms with Gasteiger partial charge in [0.2, 0.25) is 5.91 Å². The van der Waals surface area contributed by atoms with Crippen molar-refractivity contribution in [3.05, 3.63) is 0 Å². The van der Waals surface area contributed by atoms with Gasteiger partial charge in [0.25, 0.3) is 0 Å². The van der Waals surface area contributed by atoms with Crippen molar-refractivity contribution < 1.29 is 19.5 Å². The Morgan fingerprint density at radius 1 is 1.47 bits per heavy atom. The zero-order valence-electron chi connectivity index (χ0n) is 11.8. The van der Waals surface area contributed by atoms with Crippen LogP contribution < -0.4 is 5.32 Å². The van der Waals surface area contributed by atoms with Crippen LogP contribution in [0.3, 0.4) is 0 Å². The van der Waals surface area contributed by atoms with Crippen molar-refractivity contribution in [3.8, 4) is 0 Å². The van der Waals surface area contributed by atoms with E-state index < -0.39 is 18.0 Å². The molecule has 1 unspecified atom stereocenters. The molecule has 2 N–H and O–H groups in total. The predicted octanol–water partition coefficient (Wildman–Crippen LogP) is -0.0307. The quantitative estimate of drug-likeness (QED) is 0.738. The first kappa shape index (κ1) is 15.3. The second kappa shape index (κ2) is 5.46. The summed E-state index contributed by atoms with van der Waals surface area (Å²) < 4.78 is 0. The van der Waals surface area contributed by atoms with Crippen LogP contribution in [0.25, 0.3) is 0 Å². The number of carboxylic acids is 1. The van der Waals surface area contributed by atoms with E-state index in [1.54, 1.807) is 7.05 Å². The maximum absolute atomic E-state index is 12.2. The minimum Gasteiger partial charge on any atom is -0.480 e. The van der Waals surface area contributed by atoms with Crippen LogP contribution in [0.4, 0.5) is 4.79 Å². The van der Waals surface area contributed by atoms with E-state index >= 15 is 0 Å². The summed E-state index contributed by atoms with van der Waals surface area (Å²) in [5, 5.41) is 11.5. The SMILES string of the molecule is CN(CC(C)(C)C)C(=O)N1CC(=O)NCC1C(=O)O. The molecule has 1 heterocycles. The van der Waals surface area contributed by atoms with E-state index in [4.69, 9.17) is 5.11 Å². The van der Waals surface area contributed by atoms with Gasteiger partial charge in [0.1, 0.15) is 12.6 Å². The third-order valence-electron chi connectivity index (χ3n) is 2.75. The van der Waals surface area contributed by atoms with Crippen molar-refractivity contribution in [2.45, 2.75) is 26.8 Å². The summed E-state index contributed by atoms with van der Waals surface area (Å²) >= 11 is 0. The Labute approximate surface area is 112 Å². The summed E-state index contributed by atoms with van der Waals surface area (Å²) in [4.78, 5) is 37.3. The molecular weight excluding hydrogens is 250 g/mol. The molecule has 0 aromatic heterocycles. The summed E-state index contributed by atoms with van der Waals surface area (Å²) in [6.07, 6.45) is 0. The number of aliphatic carboxylic acids is 1. The number of carbonyl (C=O) groups is 3. The normalized spacial score (nSPS) is 19.9. The van der Waals surface area contributed by atoms with Crippen LogP contribution >= 0.6 is 0 Å². The maximum Gasteiger partial charge on any atom is 0.328 e. The Kier molecular flexibility index (Phi) is 4.39. The highest BCUT2D eigenvalue weighted by Crippen LogP contribution is 2.16. The lowest BCUT2D eigenvalue weighted by Gasteiger charge is -2.37. The lowest BCUT2D eigenvalue weighted by Crippen LogP contribution is -2.61. The predicted molar refractivity (Wildman–Crippen MR) is 68.6 cm³/mol. The van der Waals surface area contributed by atoms with Gasteiger partial charge in [-0.3, -0.25) is 9.69 Å². The molecule has 0 radical (unpaired) electrons. The van der Waals surface area contributed by atoms with E-state index in [0.717, 1.165) is 4.90 Å². The van der Waals surface area contributed by atoms with Gasteiger partial charge in [-0.15, -0.1) is 0 Å². The summed E-state index contributed by atoms with van der Waals surface area (Å²) in [6, 6.07) is -1.44. The first-order valence-electron chi connectivity index (χ1n) is 6.13. The van der Waals surface area contributed by atoms with Crippen molar-refractivity contribution >= 4 is 17.9 Å². The van der Waals surface area contributed by atoms with Crippen LogP contribution in [-0.2, 0) is 9.59 Å². The highest BCUT2D eigenvalue weighted by molar-refractivity contribution is 5.90. The Morgan fingerprint density at radius 2 is 2.05 bits per heavy atom. The van der Waals surface area contributed by atoms with Crippen molar-refractivity contribution in [1.29, 1.82) is 0 Å². The average molecular weight is 271 g/mol. The first-order valence-corrected chi connectivity index (χ1v) is 6.13. The van der Waals surface area contributed by atoms with Gasteiger partial charge in [0.15, 0.2) is 0 Å². The Bertz CT molecular complexity index is 389. The smallest absolute Gasteiger partial charge is 0.328 e. The topological polar surface area (TPSA) is 90.0 Å². The Hall–Kier alpha value is -1.79. The fourth-order valence-corrected chi connectivity index (χ4v) is 2.06. The minimum atomic E-state index is -1.11. The Morgan fingerprint density at radius 3 is 2.53 bits per heavy atom. The fourth-order valence-electron chi connectivity index (χ4n) is 2.06. The molecule has 0 saturated carbocycles. The standard InChI is InChI=1S/C12H21N3O4/c1-12(2,3)7-14(4)11(19)15-6-9(16)13-5-8(15)10(17)18/h8H,5-7H2,1-4H3,(H,13,16)(H,17,18). The highest BCUT2D eigenvalue weighted by atomic mass is 16.4. The molecule has 1 aliphatic heterocycles. The van der Waals surface area contributed by atoms with E-state index in [2.05, 4.69) is 5.32 Å². The molecule has 1 rings (SSSR count). The molecular formula is C12H21N3O4. The average Bonchev–Trinajstić information content (AvgIpc) is 2.25. The second-order valence-corrected chi connectivity index (χ2v) is 5.99. The lowest BCUT2D eigenvalue weighted by molar-refractivity contribution is -0.144. The van der Waals surface area contributed by atoms with Gasteiger partial charge in [-0.2, -0.15) is 0 Å². The minimum absolute atomic E-state index is 0.0523. The van der Waals surface area contributed by atoms with Crippen molar-refractivity contribution in [2.24, 2.45) is 5.41 Å². The zero-order chi connectivity index (χ0) is 14.8. The molecule has 19 heavy (non-hydrogen) atoms. The monoisotopic (exact) mass is 271 g/mol. The number of amides is 3. The molecule has 3 amide bonds. The number of hydrogen-bond donors (Lipinski definition) is 2. The molecule has 0 aromatic rings. The van der Waals surface area contributed by atoms with Gasteiger partial charge < -0.3 is 15.3 Å². The van der Waals surface area contributed by atoms with E-state index in [1.165, 1.54) is 4.90 Å². The Balaban J connectivity index is 2.81.